The van der Waals surface area contributed by atoms with Crippen LogP contribution in [0.15, 0.2) is 60.7 Å². The Labute approximate surface area is 158 Å². The Morgan fingerprint density at radius 1 is 0.846 bits per heavy atom. The van der Waals surface area contributed by atoms with Crippen LogP contribution in [0.2, 0.25) is 0 Å². The average Bonchev–Trinajstić information content (AvgIpc) is 2.62. The number of rotatable bonds is 9. The number of nitrogens with zero attached hydrogens (tertiary/aromatic N) is 1. The molecule has 2 atom stereocenters. The minimum atomic E-state index is -0.275. The maximum Gasteiger partial charge on any atom is 0.102 e. The Hall–Kier alpha value is -1.68. The number of methoxy groups -OCH3 is 1. The van der Waals surface area contributed by atoms with Crippen LogP contribution in [0.25, 0.3) is 0 Å². The lowest BCUT2D eigenvalue weighted by atomic mass is 9.92. The van der Waals surface area contributed by atoms with Gasteiger partial charge in [-0.1, -0.05) is 74.5 Å². The molecule has 0 aliphatic carbocycles. The second-order valence-corrected chi connectivity index (χ2v) is 7.83. The molecule has 142 valence electrons. The predicted octanol–water partition coefficient (Wildman–Crippen LogP) is 5.80. The molecule has 0 aliphatic rings. The van der Waals surface area contributed by atoms with E-state index in [9.17, 15) is 0 Å². The molecule has 0 saturated heterocycles. The third kappa shape index (κ3) is 5.16. The molecule has 0 aromatic heterocycles. The van der Waals surface area contributed by atoms with Gasteiger partial charge >= 0.3 is 0 Å². The molecule has 3 heteroatoms. The van der Waals surface area contributed by atoms with Gasteiger partial charge in [-0.05, 0) is 37.8 Å². The fraction of sp³-hybridized carbons (Fsp3) is 0.478. The van der Waals surface area contributed by atoms with Crippen LogP contribution in [-0.2, 0) is 9.57 Å². The highest BCUT2D eigenvalue weighted by Crippen LogP contribution is 2.37. The summed E-state index contributed by atoms with van der Waals surface area (Å²) in [6.07, 6.45) is -0.0442. The van der Waals surface area contributed by atoms with Gasteiger partial charge in [0, 0.05) is 7.11 Å². The Morgan fingerprint density at radius 2 is 1.35 bits per heavy atom. The number of hydrogen-bond donors (Lipinski definition) is 0. The summed E-state index contributed by atoms with van der Waals surface area (Å²) in [5.41, 5.74) is 2.15. The molecule has 0 heterocycles. The van der Waals surface area contributed by atoms with Crippen LogP contribution in [0.4, 0.5) is 0 Å². The highest BCUT2D eigenvalue weighted by atomic mass is 16.7. The van der Waals surface area contributed by atoms with E-state index in [-0.39, 0.29) is 17.7 Å². The van der Waals surface area contributed by atoms with Gasteiger partial charge in [0.1, 0.15) is 6.10 Å². The molecule has 0 bridgehead atoms. The molecular weight excluding hydrogens is 322 g/mol. The lowest BCUT2D eigenvalue weighted by Crippen LogP contribution is -2.50. The Kier molecular flexibility index (Phi) is 7.39. The summed E-state index contributed by atoms with van der Waals surface area (Å²) in [5.74, 6) is 0.386. The molecule has 2 unspecified atom stereocenters. The summed E-state index contributed by atoms with van der Waals surface area (Å²) in [6, 6.07) is 21.1. The Bertz CT molecular complexity index is 640. The van der Waals surface area contributed by atoms with E-state index in [4.69, 9.17) is 9.57 Å². The van der Waals surface area contributed by atoms with Crippen molar-refractivity contribution in [2.24, 2.45) is 5.92 Å². The first-order chi connectivity index (χ1) is 12.4. The maximum atomic E-state index is 6.59. The van der Waals surface area contributed by atoms with Crippen molar-refractivity contribution in [2.75, 3.05) is 13.7 Å². The standard InChI is InChI=1S/C23H33NO2/c1-18(2)22(21-15-11-8-12-16-21)24(23(4,5)17-25-6)26-19(3)20-13-9-7-10-14-20/h7-16,18-19,22H,17H2,1-6H3. The highest BCUT2D eigenvalue weighted by molar-refractivity contribution is 5.20. The number of hydroxylamine groups is 2. The van der Waals surface area contributed by atoms with E-state index in [1.807, 2.05) is 6.07 Å². The summed E-state index contributed by atoms with van der Waals surface area (Å²) in [5, 5.41) is 2.15. The van der Waals surface area contributed by atoms with Crippen LogP contribution in [0.5, 0.6) is 0 Å². The van der Waals surface area contributed by atoms with Crippen molar-refractivity contribution in [1.82, 2.24) is 5.06 Å². The molecule has 0 aliphatic heterocycles. The quantitative estimate of drug-likeness (QED) is 0.530. The van der Waals surface area contributed by atoms with Gasteiger partial charge in [0.15, 0.2) is 0 Å². The summed E-state index contributed by atoms with van der Waals surface area (Å²) >= 11 is 0. The lowest BCUT2D eigenvalue weighted by Gasteiger charge is -2.45. The monoisotopic (exact) mass is 355 g/mol. The molecule has 0 fully saturated rings. The van der Waals surface area contributed by atoms with Crippen molar-refractivity contribution in [3.05, 3.63) is 71.8 Å². The highest BCUT2D eigenvalue weighted by Gasteiger charge is 2.37. The third-order valence-electron chi connectivity index (χ3n) is 4.66. The van der Waals surface area contributed by atoms with Gasteiger partial charge < -0.3 is 4.74 Å². The van der Waals surface area contributed by atoms with E-state index in [0.29, 0.717) is 12.5 Å². The molecule has 3 nitrogen and oxygen atoms in total. The summed E-state index contributed by atoms with van der Waals surface area (Å²) in [7, 11) is 1.74. The van der Waals surface area contributed by atoms with Gasteiger partial charge in [-0.3, -0.25) is 4.84 Å². The number of ether oxygens (including phenoxy) is 1. The zero-order valence-electron chi connectivity index (χ0n) is 17.0. The van der Waals surface area contributed by atoms with Crippen molar-refractivity contribution in [1.29, 1.82) is 0 Å². The Morgan fingerprint density at radius 3 is 1.81 bits per heavy atom. The fourth-order valence-electron chi connectivity index (χ4n) is 3.40. The minimum Gasteiger partial charge on any atom is -0.383 e. The smallest absolute Gasteiger partial charge is 0.102 e. The van der Waals surface area contributed by atoms with E-state index in [1.54, 1.807) is 7.11 Å². The molecule has 0 spiro atoms. The van der Waals surface area contributed by atoms with Crippen LogP contribution < -0.4 is 0 Å². The molecule has 0 N–H and O–H groups in total. The van der Waals surface area contributed by atoms with E-state index in [0.717, 1.165) is 0 Å². The van der Waals surface area contributed by atoms with Gasteiger partial charge in [0.05, 0.1) is 18.2 Å². The van der Waals surface area contributed by atoms with Crippen LogP contribution in [0.1, 0.15) is 57.9 Å². The summed E-state index contributed by atoms with van der Waals surface area (Å²) in [4.78, 5) is 6.59. The van der Waals surface area contributed by atoms with Crippen LogP contribution in [0, 0.1) is 5.92 Å². The van der Waals surface area contributed by atoms with Crippen LogP contribution >= 0.6 is 0 Å². The molecule has 26 heavy (non-hydrogen) atoms. The van der Waals surface area contributed by atoms with Crippen molar-refractivity contribution >= 4 is 0 Å². The molecule has 0 saturated carbocycles. The summed E-state index contributed by atoms with van der Waals surface area (Å²) < 4.78 is 5.52. The number of hydrogen-bond acceptors (Lipinski definition) is 3. The van der Waals surface area contributed by atoms with Crippen molar-refractivity contribution < 1.29 is 9.57 Å². The molecule has 2 rings (SSSR count). The summed E-state index contributed by atoms with van der Waals surface area (Å²) in [6.45, 7) is 11.5. The minimum absolute atomic E-state index is 0.0442. The SMILES string of the molecule is COCC(C)(C)N(OC(C)c1ccccc1)C(c1ccccc1)C(C)C. The third-order valence-corrected chi connectivity index (χ3v) is 4.66. The molecule has 0 radical (unpaired) electrons. The average molecular weight is 356 g/mol. The second kappa shape index (κ2) is 9.31. The normalized spacial score (nSPS) is 14.6. The van der Waals surface area contributed by atoms with Gasteiger partial charge in [0.25, 0.3) is 0 Å². The van der Waals surface area contributed by atoms with E-state index >= 15 is 0 Å². The molecular formula is C23H33NO2. The van der Waals surface area contributed by atoms with Gasteiger partial charge in [0.2, 0.25) is 0 Å². The molecule has 2 aromatic carbocycles. The first kappa shape index (κ1) is 20.6. The van der Waals surface area contributed by atoms with E-state index in [2.05, 4.69) is 94.3 Å². The van der Waals surface area contributed by atoms with Crippen molar-refractivity contribution in [3.63, 3.8) is 0 Å². The van der Waals surface area contributed by atoms with Crippen molar-refractivity contribution in [3.8, 4) is 0 Å². The molecule has 0 amide bonds. The maximum absolute atomic E-state index is 6.59. The first-order valence-corrected chi connectivity index (χ1v) is 9.41. The van der Waals surface area contributed by atoms with Gasteiger partial charge in [-0.25, -0.2) is 0 Å². The fourth-order valence-corrected chi connectivity index (χ4v) is 3.40. The number of benzene rings is 2. The largest absolute Gasteiger partial charge is 0.383 e. The van der Waals surface area contributed by atoms with Gasteiger partial charge in [-0.2, -0.15) is 5.06 Å². The van der Waals surface area contributed by atoms with Crippen LogP contribution in [0.3, 0.4) is 0 Å². The van der Waals surface area contributed by atoms with Gasteiger partial charge in [-0.15, -0.1) is 0 Å². The lowest BCUT2D eigenvalue weighted by molar-refractivity contribution is -0.283. The first-order valence-electron chi connectivity index (χ1n) is 9.41. The van der Waals surface area contributed by atoms with Crippen LogP contribution in [-0.4, -0.2) is 24.3 Å². The van der Waals surface area contributed by atoms with Crippen molar-refractivity contribution in [2.45, 2.75) is 52.3 Å². The zero-order chi connectivity index (χ0) is 19.2. The zero-order valence-corrected chi connectivity index (χ0v) is 17.0. The van der Waals surface area contributed by atoms with E-state index < -0.39 is 0 Å². The van der Waals surface area contributed by atoms with E-state index in [1.165, 1.54) is 11.1 Å². The molecule has 2 aromatic rings. The topological polar surface area (TPSA) is 21.7 Å². The predicted molar refractivity (Wildman–Crippen MR) is 108 cm³/mol. The second-order valence-electron chi connectivity index (χ2n) is 7.83. The Balaban J connectivity index is 2.39.